The number of anilines is 1. The summed E-state index contributed by atoms with van der Waals surface area (Å²) in [4.78, 5) is 12.5. The van der Waals surface area contributed by atoms with Gasteiger partial charge >= 0.3 is 0 Å². The van der Waals surface area contributed by atoms with Gasteiger partial charge in [0.25, 0.3) is 0 Å². The summed E-state index contributed by atoms with van der Waals surface area (Å²) in [6.45, 7) is 3.84. The first-order valence-electron chi connectivity index (χ1n) is 7.30. The van der Waals surface area contributed by atoms with Gasteiger partial charge < -0.3 is 10.6 Å². The number of aromatic nitrogens is 2. The fraction of sp³-hybridized carbons (Fsp3) is 0.375. The van der Waals surface area contributed by atoms with Crippen LogP contribution in [0.2, 0.25) is 0 Å². The predicted octanol–water partition coefficient (Wildman–Crippen LogP) is 2.20. The molecule has 2 heterocycles. The average molecular weight is 284 g/mol. The minimum atomic E-state index is -0.285. The maximum atomic E-state index is 12.5. The Balaban J connectivity index is 1.76. The lowest BCUT2D eigenvalue weighted by Gasteiger charge is -2.32. The van der Waals surface area contributed by atoms with Gasteiger partial charge in [-0.2, -0.15) is 5.10 Å². The quantitative estimate of drug-likeness (QED) is 0.908. The molecule has 110 valence electrons. The van der Waals surface area contributed by atoms with Gasteiger partial charge in [0.2, 0.25) is 5.91 Å². The molecule has 1 aromatic carbocycles. The smallest absolute Gasteiger partial charge is 0.230 e. The number of carbonyl (C=O) groups is 1. The van der Waals surface area contributed by atoms with Gasteiger partial charge in [0.1, 0.15) is 0 Å². The van der Waals surface area contributed by atoms with Crippen LogP contribution in [0.1, 0.15) is 19.8 Å². The molecule has 1 aliphatic rings. The van der Waals surface area contributed by atoms with Crippen molar-refractivity contribution in [3.8, 4) is 5.69 Å². The van der Waals surface area contributed by atoms with Crippen molar-refractivity contribution in [2.24, 2.45) is 5.41 Å². The highest BCUT2D eigenvalue weighted by atomic mass is 16.2. The number of amides is 1. The highest BCUT2D eigenvalue weighted by Crippen LogP contribution is 2.29. The summed E-state index contributed by atoms with van der Waals surface area (Å²) in [6, 6.07) is 9.62. The van der Waals surface area contributed by atoms with Gasteiger partial charge in [-0.15, -0.1) is 0 Å². The van der Waals surface area contributed by atoms with Crippen molar-refractivity contribution >= 4 is 11.6 Å². The molecule has 5 nitrogen and oxygen atoms in total. The third-order valence-electron chi connectivity index (χ3n) is 4.13. The van der Waals surface area contributed by atoms with Gasteiger partial charge in [-0.3, -0.25) is 4.79 Å². The molecule has 0 unspecified atom stereocenters. The normalized spacial score (nSPS) is 17.4. The van der Waals surface area contributed by atoms with Gasteiger partial charge in [0.05, 0.1) is 5.69 Å². The summed E-state index contributed by atoms with van der Waals surface area (Å²) >= 11 is 0. The Morgan fingerprint density at radius 3 is 2.86 bits per heavy atom. The Morgan fingerprint density at radius 1 is 1.33 bits per heavy atom. The van der Waals surface area contributed by atoms with Crippen LogP contribution in [-0.2, 0) is 4.79 Å². The Labute approximate surface area is 124 Å². The first kappa shape index (κ1) is 13.8. The van der Waals surface area contributed by atoms with Crippen LogP contribution in [0.15, 0.2) is 42.7 Å². The molecule has 1 aromatic heterocycles. The SMILES string of the molecule is CC1(C(=O)Nc2cccc(-n3cccn3)c2)CCNCC1. The van der Waals surface area contributed by atoms with Gasteiger partial charge in [0, 0.05) is 23.5 Å². The maximum absolute atomic E-state index is 12.5. The van der Waals surface area contributed by atoms with Crippen molar-refractivity contribution < 1.29 is 4.79 Å². The second-order valence-electron chi connectivity index (χ2n) is 5.77. The zero-order chi connectivity index (χ0) is 14.7. The number of carbonyl (C=O) groups excluding carboxylic acids is 1. The van der Waals surface area contributed by atoms with Crippen LogP contribution in [0.4, 0.5) is 5.69 Å². The lowest BCUT2D eigenvalue weighted by Crippen LogP contribution is -2.42. The molecule has 21 heavy (non-hydrogen) atoms. The Kier molecular flexibility index (Phi) is 3.75. The van der Waals surface area contributed by atoms with E-state index in [0.29, 0.717) is 0 Å². The first-order valence-corrected chi connectivity index (χ1v) is 7.30. The summed E-state index contributed by atoms with van der Waals surface area (Å²) in [5.74, 6) is 0.0987. The molecule has 1 saturated heterocycles. The van der Waals surface area contributed by atoms with Crippen LogP contribution in [0.5, 0.6) is 0 Å². The average Bonchev–Trinajstić information content (AvgIpc) is 3.02. The number of benzene rings is 1. The standard InChI is InChI=1S/C16H20N4O/c1-16(6-9-17-10-7-16)15(21)19-13-4-2-5-14(12-13)20-11-3-8-18-20/h2-5,8,11-12,17H,6-7,9-10H2,1H3,(H,19,21). The van der Waals surface area contributed by atoms with E-state index in [1.165, 1.54) is 0 Å². The molecule has 0 spiro atoms. The number of nitrogens with zero attached hydrogens (tertiary/aromatic N) is 2. The second-order valence-corrected chi connectivity index (χ2v) is 5.77. The molecule has 0 aliphatic carbocycles. The van der Waals surface area contributed by atoms with Crippen LogP contribution in [0.3, 0.4) is 0 Å². The minimum absolute atomic E-state index is 0.0987. The molecule has 0 radical (unpaired) electrons. The van der Waals surface area contributed by atoms with Crippen molar-refractivity contribution in [3.05, 3.63) is 42.7 Å². The summed E-state index contributed by atoms with van der Waals surface area (Å²) in [5, 5.41) is 10.5. The van der Waals surface area contributed by atoms with Crippen molar-refractivity contribution in [2.45, 2.75) is 19.8 Å². The monoisotopic (exact) mass is 284 g/mol. The molecule has 2 N–H and O–H groups in total. The molecule has 1 aliphatic heterocycles. The largest absolute Gasteiger partial charge is 0.326 e. The van der Waals surface area contributed by atoms with Crippen molar-refractivity contribution in [1.29, 1.82) is 0 Å². The molecule has 0 bridgehead atoms. The number of nitrogens with one attached hydrogen (secondary N) is 2. The van der Waals surface area contributed by atoms with Gasteiger partial charge in [-0.05, 0) is 50.2 Å². The zero-order valence-electron chi connectivity index (χ0n) is 12.2. The molecular weight excluding hydrogens is 264 g/mol. The first-order chi connectivity index (χ1) is 10.2. The highest BCUT2D eigenvalue weighted by Gasteiger charge is 2.34. The molecule has 3 rings (SSSR count). The van der Waals surface area contributed by atoms with E-state index >= 15 is 0 Å². The Hall–Kier alpha value is -2.14. The van der Waals surface area contributed by atoms with E-state index < -0.39 is 0 Å². The summed E-state index contributed by atoms with van der Waals surface area (Å²) in [6.07, 6.45) is 5.37. The van der Waals surface area contributed by atoms with E-state index in [4.69, 9.17) is 0 Å². The number of hydrogen-bond acceptors (Lipinski definition) is 3. The highest BCUT2D eigenvalue weighted by molar-refractivity contribution is 5.95. The Morgan fingerprint density at radius 2 is 2.14 bits per heavy atom. The number of rotatable bonds is 3. The van der Waals surface area contributed by atoms with Crippen LogP contribution in [-0.4, -0.2) is 28.8 Å². The molecule has 0 saturated carbocycles. The van der Waals surface area contributed by atoms with E-state index in [9.17, 15) is 4.79 Å². The summed E-state index contributed by atoms with van der Waals surface area (Å²) in [5.41, 5.74) is 1.47. The topological polar surface area (TPSA) is 59.0 Å². The van der Waals surface area contributed by atoms with E-state index in [-0.39, 0.29) is 11.3 Å². The van der Waals surface area contributed by atoms with Crippen molar-refractivity contribution in [1.82, 2.24) is 15.1 Å². The fourth-order valence-electron chi connectivity index (χ4n) is 2.64. The van der Waals surface area contributed by atoms with Crippen LogP contribution in [0, 0.1) is 5.41 Å². The molecule has 1 fully saturated rings. The molecular formula is C16H20N4O. The van der Waals surface area contributed by atoms with E-state index in [1.807, 2.05) is 43.5 Å². The summed E-state index contributed by atoms with van der Waals surface area (Å²) < 4.78 is 1.78. The lowest BCUT2D eigenvalue weighted by molar-refractivity contribution is -0.126. The third kappa shape index (κ3) is 2.97. The maximum Gasteiger partial charge on any atom is 0.230 e. The van der Waals surface area contributed by atoms with Crippen molar-refractivity contribution in [3.63, 3.8) is 0 Å². The van der Waals surface area contributed by atoms with Crippen LogP contribution >= 0.6 is 0 Å². The van der Waals surface area contributed by atoms with Gasteiger partial charge in [0.15, 0.2) is 0 Å². The Bertz CT molecular complexity index is 615. The second kappa shape index (κ2) is 5.69. The predicted molar refractivity (Wildman–Crippen MR) is 82.4 cm³/mol. The third-order valence-corrected chi connectivity index (χ3v) is 4.13. The van der Waals surface area contributed by atoms with Crippen LogP contribution in [0.25, 0.3) is 5.69 Å². The molecule has 1 amide bonds. The van der Waals surface area contributed by atoms with E-state index in [2.05, 4.69) is 15.7 Å². The van der Waals surface area contributed by atoms with Crippen LogP contribution < -0.4 is 10.6 Å². The van der Waals surface area contributed by atoms with Gasteiger partial charge in [-0.1, -0.05) is 13.0 Å². The van der Waals surface area contributed by atoms with E-state index in [1.54, 1.807) is 10.9 Å². The van der Waals surface area contributed by atoms with Crippen molar-refractivity contribution in [2.75, 3.05) is 18.4 Å². The summed E-state index contributed by atoms with van der Waals surface area (Å²) in [7, 11) is 0. The fourth-order valence-corrected chi connectivity index (χ4v) is 2.64. The number of piperidine rings is 1. The van der Waals surface area contributed by atoms with Gasteiger partial charge in [-0.25, -0.2) is 4.68 Å². The molecule has 0 atom stereocenters. The number of hydrogen-bond donors (Lipinski definition) is 2. The lowest BCUT2D eigenvalue weighted by atomic mass is 9.80. The van der Waals surface area contributed by atoms with E-state index in [0.717, 1.165) is 37.3 Å². The zero-order valence-corrected chi connectivity index (χ0v) is 12.2. The molecule has 2 aromatic rings. The minimum Gasteiger partial charge on any atom is -0.326 e. The molecule has 5 heteroatoms.